The third kappa shape index (κ3) is 6.10. The van der Waals surface area contributed by atoms with E-state index in [0.717, 1.165) is 0 Å². The highest BCUT2D eigenvalue weighted by Gasteiger charge is 2.22. The van der Waals surface area contributed by atoms with E-state index >= 15 is 0 Å². The minimum Gasteiger partial charge on any atom is -0.467 e. The van der Waals surface area contributed by atoms with Crippen LogP contribution >= 0.6 is 24.8 Å². The maximum absolute atomic E-state index is 10.4. The van der Waals surface area contributed by atoms with Gasteiger partial charge in [-0.05, 0) is 6.92 Å². The Morgan fingerprint density at radius 3 is 1.70 bits per heavy atom. The molecule has 64 valence electrons. The van der Waals surface area contributed by atoms with E-state index in [0.29, 0.717) is 0 Å². The van der Waals surface area contributed by atoms with Gasteiger partial charge in [-0.15, -0.1) is 24.8 Å². The van der Waals surface area contributed by atoms with Crippen molar-refractivity contribution in [3.05, 3.63) is 0 Å². The zero-order valence-corrected chi connectivity index (χ0v) is 7.42. The van der Waals surface area contributed by atoms with E-state index in [-0.39, 0.29) is 24.8 Å². The smallest absolute Gasteiger partial charge is 0.340 e. The van der Waals surface area contributed by atoms with Gasteiger partial charge in [-0.2, -0.15) is 0 Å². The van der Waals surface area contributed by atoms with Crippen molar-refractivity contribution >= 4 is 30.8 Å². The molecule has 4 nitrogen and oxygen atoms in total. The van der Waals surface area contributed by atoms with Crippen molar-refractivity contribution in [1.82, 2.24) is 0 Å². The summed E-state index contributed by atoms with van der Waals surface area (Å²) in [4.78, 5) is 10.4. The number of rotatable bonds is 1. The summed E-state index contributed by atoms with van der Waals surface area (Å²) >= 11 is 0. The van der Waals surface area contributed by atoms with Crippen LogP contribution in [0.1, 0.15) is 6.92 Å². The molecule has 0 saturated carbocycles. The lowest BCUT2D eigenvalue weighted by Crippen LogP contribution is -2.54. The summed E-state index contributed by atoms with van der Waals surface area (Å²) in [5.74, 6) is -0.613. The lowest BCUT2D eigenvalue weighted by molar-refractivity contribution is -0.146. The summed E-state index contributed by atoms with van der Waals surface area (Å²) in [6.07, 6.45) is 0. The fraction of sp³-hybridized carbons (Fsp3) is 0.750. The number of halogens is 2. The zero-order chi connectivity index (χ0) is 6.78. The van der Waals surface area contributed by atoms with Crippen LogP contribution in [0.2, 0.25) is 0 Å². The molecule has 10 heavy (non-hydrogen) atoms. The second-order valence-corrected chi connectivity index (χ2v) is 1.77. The first-order valence-corrected chi connectivity index (χ1v) is 2.14. The minimum atomic E-state index is -1.35. The molecule has 0 spiro atoms. The van der Waals surface area contributed by atoms with Crippen LogP contribution in [-0.2, 0) is 9.53 Å². The van der Waals surface area contributed by atoms with E-state index in [1.807, 2.05) is 0 Å². The van der Waals surface area contributed by atoms with Gasteiger partial charge in [-0.25, -0.2) is 4.79 Å². The third-order valence-corrected chi connectivity index (χ3v) is 0.625. The first-order chi connectivity index (χ1) is 3.48. The van der Waals surface area contributed by atoms with Gasteiger partial charge in [0.2, 0.25) is 0 Å². The van der Waals surface area contributed by atoms with E-state index in [1.165, 1.54) is 14.0 Å². The lowest BCUT2D eigenvalue weighted by Gasteiger charge is -2.13. The van der Waals surface area contributed by atoms with Gasteiger partial charge in [-0.3, -0.25) is 0 Å². The standard InChI is InChI=1S/C4H10N2O2.2ClH/c1-4(5,6)3(7)8-2;;/h5-6H2,1-2H3;2*1H. The van der Waals surface area contributed by atoms with Crippen molar-refractivity contribution in [3.63, 3.8) is 0 Å². The summed E-state index contributed by atoms with van der Waals surface area (Å²) in [6, 6.07) is 0. The lowest BCUT2D eigenvalue weighted by atomic mass is 10.2. The van der Waals surface area contributed by atoms with Crippen LogP contribution < -0.4 is 11.5 Å². The topological polar surface area (TPSA) is 78.3 Å². The molecule has 0 unspecified atom stereocenters. The van der Waals surface area contributed by atoms with Crippen molar-refractivity contribution in [3.8, 4) is 0 Å². The van der Waals surface area contributed by atoms with Gasteiger partial charge in [-0.1, -0.05) is 0 Å². The molecule has 0 bridgehead atoms. The Bertz CT molecular complexity index is 102. The Morgan fingerprint density at radius 2 is 1.70 bits per heavy atom. The van der Waals surface area contributed by atoms with Crippen molar-refractivity contribution < 1.29 is 9.53 Å². The van der Waals surface area contributed by atoms with Gasteiger partial charge in [0.05, 0.1) is 7.11 Å². The minimum absolute atomic E-state index is 0. The molecule has 0 aromatic carbocycles. The molecule has 0 amide bonds. The van der Waals surface area contributed by atoms with Gasteiger partial charge >= 0.3 is 5.97 Å². The maximum atomic E-state index is 10.4. The van der Waals surface area contributed by atoms with Crippen LogP contribution in [0.5, 0.6) is 0 Å². The highest BCUT2D eigenvalue weighted by molar-refractivity contribution is 5.85. The van der Waals surface area contributed by atoms with Crippen LogP contribution in [-0.4, -0.2) is 18.7 Å². The fourth-order valence-electron chi connectivity index (χ4n) is 0.220. The summed E-state index contributed by atoms with van der Waals surface area (Å²) < 4.78 is 4.23. The summed E-state index contributed by atoms with van der Waals surface area (Å²) in [5.41, 5.74) is 8.83. The molecule has 0 aliphatic rings. The predicted octanol–water partition coefficient (Wildman–Crippen LogP) is -0.363. The number of ether oxygens (including phenoxy) is 1. The molecule has 0 aromatic heterocycles. The zero-order valence-electron chi connectivity index (χ0n) is 5.79. The number of esters is 1. The number of nitrogens with two attached hydrogens (primary N) is 2. The van der Waals surface area contributed by atoms with Crippen molar-refractivity contribution in [2.45, 2.75) is 12.6 Å². The van der Waals surface area contributed by atoms with Gasteiger partial charge in [0.25, 0.3) is 0 Å². The number of carbonyl (C=O) groups excluding carboxylic acids is 1. The number of carbonyl (C=O) groups is 1. The Balaban J connectivity index is -0.000000245. The van der Waals surface area contributed by atoms with E-state index in [2.05, 4.69) is 4.74 Å². The normalized spacial score (nSPS) is 8.80. The van der Waals surface area contributed by atoms with Gasteiger partial charge in [0.1, 0.15) is 0 Å². The monoisotopic (exact) mass is 190 g/mol. The van der Waals surface area contributed by atoms with E-state index in [9.17, 15) is 4.79 Å². The van der Waals surface area contributed by atoms with E-state index in [1.54, 1.807) is 0 Å². The summed E-state index contributed by atoms with van der Waals surface area (Å²) in [7, 11) is 1.24. The largest absolute Gasteiger partial charge is 0.467 e. The van der Waals surface area contributed by atoms with Crippen molar-refractivity contribution in [2.75, 3.05) is 7.11 Å². The molecule has 0 fully saturated rings. The molecule has 0 rings (SSSR count). The quantitative estimate of drug-likeness (QED) is 0.438. The van der Waals surface area contributed by atoms with E-state index in [4.69, 9.17) is 11.5 Å². The highest BCUT2D eigenvalue weighted by Crippen LogP contribution is 1.88. The van der Waals surface area contributed by atoms with Gasteiger partial charge in [0.15, 0.2) is 5.66 Å². The SMILES string of the molecule is COC(=O)C(C)(N)N.Cl.Cl. The maximum Gasteiger partial charge on any atom is 0.340 e. The Kier molecular flexibility index (Phi) is 9.47. The molecule has 4 N–H and O–H groups in total. The molecule has 6 heteroatoms. The fourth-order valence-corrected chi connectivity index (χ4v) is 0.220. The Labute approximate surface area is 72.1 Å². The van der Waals surface area contributed by atoms with Crippen molar-refractivity contribution in [2.24, 2.45) is 11.5 Å². The molecule has 0 saturated heterocycles. The second kappa shape index (κ2) is 5.73. The summed E-state index contributed by atoms with van der Waals surface area (Å²) in [5, 5.41) is 0. The van der Waals surface area contributed by atoms with Crippen LogP contribution in [0.15, 0.2) is 0 Å². The van der Waals surface area contributed by atoms with Crippen LogP contribution in [0.4, 0.5) is 0 Å². The molecule has 0 aliphatic heterocycles. The molecule has 0 aromatic rings. The third-order valence-electron chi connectivity index (χ3n) is 0.625. The van der Waals surface area contributed by atoms with E-state index < -0.39 is 11.6 Å². The molecule has 0 radical (unpaired) electrons. The first kappa shape index (κ1) is 16.5. The van der Waals surface area contributed by atoms with Crippen molar-refractivity contribution in [1.29, 1.82) is 0 Å². The predicted molar refractivity (Wildman–Crippen MR) is 43.3 cm³/mol. The van der Waals surface area contributed by atoms with Crippen LogP contribution in [0.3, 0.4) is 0 Å². The molecule has 0 aliphatic carbocycles. The molecule has 0 heterocycles. The number of hydrogen-bond acceptors (Lipinski definition) is 4. The first-order valence-electron chi connectivity index (χ1n) is 2.14. The number of hydrogen-bond donors (Lipinski definition) is 2. The van der Waals surface area contributed by atoms with Gasteiger partial charge in [0, 0.05) is 0 Å². The van der Waals surface area contributed by atoms with Crippen LogP contribution in [0, 0.1) is 0 Å². The average molecular weight is 191 g/mol. The van der Waals surface area contributed by atoms with Gasteiger partial charge < -0.3 is 16.2 Å². The molecule has 0 atom stereocenters. The molecular weight excluding hydrogens is 179 g/mol. The summed E-state index contributed by atoms with van der Waals surface area (Å²) in [6.45, 7) is 1.37. The van der Waals surface area contributed by atoms with Crippen LogP contribution in [0.25, 0.3) is 0 Å². The highest BCUT2D eigenvalue weighted by atomic mass is 35.5. The Hall–Kier alpha value is -0.0300. The second-order valence-electron chi connectivity index (χ2n) is 1.77. The Morgan fingerprint density at radius 1 is 1.40 bits per heavy atom. The average Bonchev–Trinajstić information content (AvgIpc) is 1.62. The number of methoxy groups -OCH3 is 1. The molecular formula is C4H12Cl2N2O2.